The standard InChI is InChI=1S/C10H11BrFNO2/c1-2-8(15)13-10-6(5-14)3-4-7(11)9(10)12/h3-4,14H,2,5H2,1H3,(H,13,15). The molecule has 1 aromatic carbocycles. The van der Waals surface area contributed by atoms with E-state index in [9.17, 15) is 9.18 Å². The van der Waals surface area contributed by atoms with Gasteiger partial charge in [0.2, 0.25) is 5.91 Å². The number of benzene rings is 1. The SMILES string of the molecule is CCC(=O)Nc1c(CO)ccc(Br)c1F. The molecule has 0 saturated heterocycles. The quantitative estimate of drug-likeness (QED) is 0.890. The molecule has 3 nitrogen and oxygen atoms in total. The number of halogens is 2. The van der Waals surface area contributed by atoms with Crippen molar-refractivity contribution >= 4 is 27.5 Å². The maximum Gasteiger partial charge on any atom is 0.224 e. The fraction of sp³-hybridized carbons (Fsp3) is 0.300. The molecule has 1 amide bonds. The van der Waals surface area contributed by atoms with Crippen molar-refractivity contribution in [3.63, 3.8) is 0 Å². The Balaban J connectivity index is 3.12. The number of rotatable bonds is 3. The Kier molecular flexibility index (Phi) is 4.23. The Labute approximate surface area is 95.4 Å². The predicted molar refractivity (Wildman–Crippen MR) is 58.9 cm³/mol. The molecular formula is C10H11BrFNO2. The summed E-state index contributed by atoms with van der Waals surface area (Å²) in [5.41, 5.74) is 0.399. The third-order valence-corrected chi connectivity index (χ3v) is 2.55. The summed E-state index contributed by atoms with van der Waals surface area (Å²) >= 11 is 3.01. The first-order valence-electron chi connectivity index (χ1n) is 4.47. The summed E-state index contributed by atoms with van der Waals surface area (Å²) in [5, 5.41) is 11.4. The molecule has 82 valence electrons. The molecule has 0 aromatic heterocycles. The van der Waals surface area contributed by atoms with Crippen LogP contribution >= 0.6 is 15.9 Å². The number of carbonyl (C=O) groups is 1. The number of hydrogen-bond donors (Lipinski definition) is 2. The largest absolute Gasteiger partial charge is 0.392 e. The molecular weight excluding hydrogens is 265 g/mol. The van der Waals surface area contributed by atoms with E-state index >= 15 is 0 Å². The summed E-state index contributed by atoms with van der Waals surface area (Å²) in [6, 6.07) is 3.04. The summed E-state index contributed by atoms with van der Waals surface area (Å²) in [7, 11) is 0. The van der Waals surface area contributed by atoms with Crippen molar-refractivity contribution in [1.82, 2.24) is 0 Å². The van der Waals surface area contributed by atoms with E-state index in [-0.39, 0.29) is 29.1 Å². The highest BCUT2D eigenvalue weighted by molar-refractivity contribution is 9.10. The number of anilines is 1. The van der Waals surface area contributed by atoms with Crippen LogP contribution in [-0.4, -0.2) is 11.0 Å². The molecule has 5 heteroatoms. The van der Waals surface area contributed by atoms with Gasteiger partial charge in [-0.15, -0.1) is 0 Å². The zero-order chi connectivity index (χ0) is 11.4. The average Bonchev–Trinajstić information content (AvgIpc) is 2.25. The normalized spacial score (nSPS) is 10.1. The minimum absolute atomic E-state index is 0.0405. The number of aliphatic hydroxyl groups excluding tert-OH is 1. The summed E-state index contributed by atoms with van der Waals surface area (Å²) < 4.78 is 13.8. The molecule has 0 aliphatic rings. The minimum atomic E-state index is -0.566. The molecule has 2 N–H and O–H groups in total. The lowest BCUT2D eigenvalue weighted by atomic mass is 10.1. The molecule has 1 rings (SSSR count). The molecule has 0 bridgehead atoms. The second-order valence-electron chi connectivity index (χ2n) is 2.96. The molecule has 0 spiro atoms. The van der Waals surface area contributed by atoms with Crippen molar-refractivity contribution in [2.45, 2.75) is 20.0 Å². The van der Waals surface area contributed by atoms with Crippen LogP contribution in [0.1, 0.15) is 18.9 Å². The van der Waals surface area contributed by atoms with Gasteiger partial charge in [0, 0.05) is 12.0 Å². The zero-order valence-electron chi connectivity index (χ0n) is 8.18. The Morgan fingerprint density at radius 1 is 1.60 bits per heavy atom. The van der Waals surface area contributed by atoms with Gasteiger partial charge in [0.25, 0.3) is 0 Å². The van der Waals surface area contributed by atoms with Crippen molar-refractivity contribution in [2.24, 2.45) is 0 Å². The van der Waals surface area contributed by atoms with Crippen molar-refractivity contribution in [3.8, 4) is 0 Å². The smallest absolute Gasteiger partial charge is 0.224 e. The first-order valence-corrected chi connectivity index (χ1v) is 5.27. The van der Waals surface area contributed by atoms with E-state index in [0.29, 0.717) is 5.56 Å². The number of hydrogen-bond acceptors (Lipinski definition) is 2. The van der Waals surface area contributed by atoms with Gasteiger partial charge >= 0.3 is 0 Å². The lowest BCUT2D eigenvalue weighted by Crippen LogP contribution is -2.13. The van der Waals surface area contributed by atoms with Crippen LogP contribution in [0.25, 0.3) is 0 Å². The number of aliphatic hydroxyl groups is 1. The highest BCUT2D eigenvalue weighted by Crippen LogP contribution is 2.27. The van der Waals surface area contributed by atoms with Crippen LogP contribution < -0.4 is 5.32 Å². The third-order valence-electron chi connectivity index (χ3n) is 1.94. The minimum Gasteiger partial charge on any atom is -0.392 e. The van der Waals surface area contributed by atoms with Crippen molar-refractivity contribution in [1.29, 1.82) is 0 Å². The van der Waals surface area contributed by atoms with E-state index in [0.717, 1.165) is 0 Å². The van der Waals surface area contributed by atoms with Gasteiger partial charge in [0.05, 0.1) is 16.8 Å². The molecule has 0 aliphatic carbocycles. The second-order valence-corrected chi connectivity index (χ2v) is 3.81. The fourth-order valence-corrected chi connectivity index (χ4v) is 1.42. The molecule has 15 heavy (non-hydrogen) atoms. The van der Waals surface area contributed by atoms with E-state index in [1.54, 1.807) is 13.0 Å². The van der Waals surface area contributed by atoms with Crippen molar-refractivity contribution in [2.75, 3.05) is 5.32 Å². The molecule has 1 aromatic rings. The number of amides is 1. The van der Waals surface area contributed by atoms with Gasteiger partial charge in [-0.3, -0.25) is 4.79 Å². The molecule has 0 aliphatic heterocycles. The molecule has 0 saturated carbocycles. The van der Waals surface area contributed by atoms with Crippen LogP contribution in [0.4, 0.5) is 10.1 Å². The number of nitrogens with one attached hydrogen (secondary N) is 1. The van der Waals surface area contributed by atoms with E-state index < -0.39 is 5.82 Å². The van der Waals surface area contributed by atoms with E-state index in [1.165, 1.54) is 6.07 Å². The Morgan fingerprint density at radius 3 is 2.80 bits per heavy atom. The maximum atomic E-state index is 13.6. The summed E-state index contributed by atoms with van der Waals surface area (Å²) in [5.74, 6) is -0.856. The molecule has 0 atom stereocenters. The molecule has 0 radical (unpaired) electrons. The van der Waals surface area contributed by atoms with Crippen LogP contribution in [0.5, 0.6) is 0 Å². The van der Waals surface area contributed by atoms with Crippen LogP contribution in [0.15, 0.2) is 16.6 Å². The van der Waals surface area contributed by atoms with Gasteiger partial charge in [-0.2, -0.15) is 0 Å². The Bertz CT molecular complexity index is 382. The zero-order valence-corrected chi connectivity index (χ0v) is 9.77. The molecule has 0 unspecified atom stereocenters. The molecule has 0 fully saturated rings. The summed E-state index contributed by atoms with van der Waals surface area (Å²) in [4.78, 5) is 11.1. The van der Waals surface area contributed by atoms with Gasteiger partial charge in [-0.05, 0) is 22.0 Å². The molecule has 0 heterocycles. The van der Waals surface area contributed by atoms with Crippen molar-refractivity contribution in [3.05, 3.63) is 28.0 Å². The predicted octanol–water partition coefficient (Wildman–Crippen LogP) is 2.43. The van der Waals surface area contributed by atoms with Crippen LogP contribution in [0, 0.1) is 5.82 Å². The highest BCUT2D eigenvalue weighted by Gasteiger charge is 2.13. The van der Waals surface area contributed by atoms with Gasteiger partial charge in [-0.25, -0.2) is 4.39 Å². The van der Waals surface area contributed by atoms with E-state index in [2.05, 4.69) is 21.2 Å². The summed E-state index contributed by atoms with van der Waals surface area (Å²) in [6.45, 7) is 1.35. The van der Waals surface area contributed by atoms with Gasteiger partial charge < -0.3 is 10.4 Å². The van der Waals surface area contributed by atoms with Crippen LogP contribution in [0.2, 0.25) is 0 Å². The average molecular weight is 276 g/mol. The Hall–Kier alpha value is -0.940. The van der Waals surface area contributed by atoms with E-state index in [1.807, 2.05) is 0 Å². The third kappa shape index (κ3) is 2.76. The monoisotopic (exact) mass is 275 g/mol. The first kappa shape index (κ1) is 12.1. The van der Waals surface area contributed by atoms with Crippen LogP contribution in [-0.2, 0) is 11.4 Å². The maximum absolute atomic E-state index is 13.6. The second kappa shape index (κ2) is 5.23. The van der Waals surface area contributed by atoms with Crippen molar-refractivity contribution < 1.29 is 14.3 Å². The van der Waals surface area contributed by atoms with Gasteiger partial charge in [0.15, 0.2) is 5.82 Å². The lowest BCUT2D eigenvalue weighted by molar-refractivity contribution is -0.115. The van der Waals surface area contributed by atoms with Crippen LogP contribution in [0.3, 0.4) is 0 Å². The number of carbonyl (C=O) groups excluding carboxylic acids is 1. The fourth-order valence-electron chi connectivity index (χ4n) is 1.09. The summed E-state index contributed by atoms with van der Waals surface area (Å²) in [6.07, 6.45) is 0.261. The lowest BCUT2D eigenvalue weighted by Gasteiger charge is -2.10. The van der Waals surface area contributed by atoms with E-state index in [4.69, 9.17) is 5.11 Å². The highest BCUT2D eigenvalue weighted by atomic mass is 79.9. The van der Waals surface area contributed by atoms with Gasteiger partial charge in [-0.1, -0.05) is 13.0 Å². The van der Waals surface area contributed by atoms with Gasteiger partial charge in [0.1, 0.15) is 0 Å². The first-order chi connectivity index (χ1) is 7.10. The topological polar surface area (TPSA) is 49.3 Å². The Morgan fingerprint density at radius 2 is 2.27 bits per heavy atom.